The summed E-state index contributed by atoms with van der Waals surface area (Å²) in [5.41, 5.74) is 2.33. The number of fused-ring (bicyclic) bond motifs is 1. The molecule has 1 aromatic carbocycles. The number of aliphatic hydroxyl groups is 1. The molecule has 4 heterocycles. The van der Waals surface area contributed by atoms with Crippen LogP contribution in [0.2, 0.25) is 0 Å². The van der Waals surface area contributed by atoms with Crippen LogP contribution in [0.5, 0.6) is 0 Å². The lowest BCUT2D eigenvalue weighted by Crippen LogP contribution is -2.57. The van der Waals surface area contributed by atoms with Crippen molar-refractivity contribution in [3.63, 3.8) is 0 Å². The molecule has 0 radical (unpaired) electrons. The number of β-amino-alcohol motifs (C(OH)–C–C–N with tert-alkyl or cyclic N) is 1. The van der Waals surface area contributed by atoms with E-state index in [0.29, 0.717) is 30.0 Å². The smallest absolute Gasteiger partial charge is 0.227 e. The van der Waals surface area contributed by atoms with Crippen LogP contribution < -0.4 is 15.1 Å². The lowest BCUT2D eigenvalue weighted by atomic mass is 9.88. The third-order valence-electron chi connectivity index (χ3n) is 7.93. The Morgan fingerprint density at radius 3 is 2.66 bits per heavy atom. The average Bonchev–Trinajstić information content (AvgIpc) is 2.90. The van der Waals surface area contributed by atoms with Gasteiger partial charge in [0.05, 0.1) is 11.9 Å². The first-order valence-corrected chi connectivity index (χ1v) is 15.4. The number of anilines is 4. The fourth-order valence-corrected chi connectivity index (χ4v) is 6.82. The van der Waals surface area contributed by atoms with Crippen LogP contribution in [0.15, 0.2) is 36.7 Å². The SMILES string of the molecule is CCS(=O)(=O)C[C@H]1CN(c2ccc(C(C)C)c3cc(Nc4ccnc(N5CCC[C@@H](O)C5)n4)ncc23)[C@@H]1C. The number of aliphatic hydroxyl groups excluding tert-OH is 1. The molecule has 2 aromatic heterocycles. The lowest BCUT2D eigenvalue weighted by molar-refractivity contribution is 0.153. The van der Waals surface area contributed by atoms with Crippen LogP contribution in [0.1, 0.15) is 52.0 Å². The Morgan fingerprint density at radius 2 is 1.95 bits per heavy atom. The second-order valence-corrected chi connectivity index (χ2v) is 13.3. The van der Waals surface area contributed by atoms with Gasteiger partial charge in [0.15, 0.2) is 0 Å². The molecular weight excluding hydrogens is 500 g/mol. The Labute approximate surface area is 225 Å². The van der Waals surface area contributed by atoms with Crippen LogP contribution >= 0.6 is 0 Å². The summed E-state index contributed by atoms with van der Waals surface area (Å²) in [6.07, 6.45) is 5.01. The fourth-order valence-electron chi connectivity index (χ4n) is 5.55. The quantitative estimate of drug-likeness (QED) is 0.438. The van der Waals surface area contributed by atoms with E-state index >= 15 is 0 Å². The Morgan fingerprint density at radius 1 is 1.13 bits per heavy atom. The minimum absolute atomic E-state index is 0.140. The summed E-state index contributed by atoms with van der Waals surface area (Å²) in [7, 11) is -3.00. The summed E-state index contributed by atoms with van der Waals surface area (Å²) in [6, 6.07) is 8.37. The maximum atomic E-state index is 12.2. The zero-order valence-electron chi connectivity index (χ0n) is 22.6. The third-order valence-corrected chi connectivity index (χ3v) is 9.75. The van der Waals surface area contributed by atoms with Gasteiger partial charge in [-0.3, -0.25) is 0 Å². The van der Waals surface area contributed by atoms with E-state index in [0.717, 1.165) is 42.4 Å². The van der Waals surface area contributed by atoms with Crippen molar-refractivity contribution in [2.24, 2.45) is 5.92 Å². The molecular formula is C28H38N6O3S. The summed E-state index contributed by atoms with van der Waals surface area (Å²) < 4.78 is 24.4. The molecule has 38 heavy (non-hydrogen) atoms. The molecule has 0 aliphatic carbocycles. The average molecular weight is 539 g/mol. The van der Waals surface area contributed by atoms with Gasteiger partial charge >= 0.3 is 0 Å². The zero-order valence-corrected chi connectivity index (χ0v) is 23.4. The van der Waals surface area contributed by atoms with Crippen LogP contribution in [0.4, 0.5) is 23.3 Å². The van der Waals surface area contributed by atoms with Crippen LogP contribution in [0, 0.1) is 5.92 Å². The van der Waals surface area contributed by atoms with Crippen molar-refractivity contribution in [1.82, 2.24) is 15.0 Å². The summed E-state index contributed by atoms with van der Waals surface area (Å²) in [4.78, 5) is 18.1. The number of piperidine rings is 1. The highest BCUT2D eigenvalue weighted by atomic mass is 32.2. The van der Waals surface area contributed by atoms with Crippen LogP contribution in [0.3, 0.4) is 0 Å². The van der Waals surface area contributed by atoms with Crippen molar-refractivity contribution in [3.05, 3.63) is 42.2 Å². The van der Waals surface area contributed by atoms with Crippen molar-refractivity contribution in [3.8, 4) is 0 Å². The normalized spacial score (nSPS) is 22.1. The van der Waals surface area contributed by atoms with E-state index in [1.165, 1.54) is 5.56 Å². The van der Waals surface area contributed by atoms with Crippen LogP contribution in [-0.4, -0.2) is 71.8 Å². The van der Waals surface area contributed by atoms with E-state index in [1.807, 2.05) is 17.2 Å². The van der Waals surface area contributed by atoms with Crippen molar-refractivity contribution >= 4 is 43.9 Å². The second-order valence-electron chi connectivity index (χ2n) is 10.9. The number of aromatic nitrogens is 3. The largest absolute Gasteiger partial charge is 0.391 e. The van der Waals surface area contributed by atoms with E-state index in [-0.39, 0.29) is 29.6 Å². The number of sulfone groups is 1. The standard InChI is InChI=1S/C28H38N6O3S/c1-5-38(36,37)17-20-15-34(19(20)4)25-9-8-22(18(2)3)23-13-27(30-14-24(23)25)31-26-10-11-29-28(32-26)33-12-6-7-21(35)16-33/h8-11,13-14,18-21,35H,5-7,12,15-17H2,1-4H3,(H,29,30,31,32)/t19-,20-,21-/m1/s1. The first-order valence-electron chi connectivity index (χ1n) is 13.6. The van der Waals surface area contributed by atoms with E-state index in [1.54, 1.807) is 13.1 Å². The lowest BCUT2D eigenvalue weighted by Gasteiger charge is -2.48. The van der Waals surface area contributed by atoms with E-state index in [9.17, 15) is 13.5 Å². The van der Waals surface area contributed by atoms with Crippen molar-refractivity contribution in [2.45, 2.75) is 58.6 Å². The van der Waals surface area contributed by atoms with Gasteiger partial charge in [0.25, 0.3) is 0 Å². The predicted octanol–water partition coefficient (Wildman–Crippen LogP) is 4.11. The van der Waals surface area contributed by atoms with Gasteiger partial charge in [-0.2, -0.15) is 4.98 Å². The molecule has 0 amide bonds. The van der Waals surface area contributed by atoms with Crippen LogP contribution in [0.25, 0.3) is 10.8 Å². The summed E-state index contributed by atoms with van der Waals surface area (Å²) in [5, 5.41) is 15.6. The van der Waals surface area contributed by atoms with Crippen molar-refractivity contribution in [1.29, 1.82) is 0 Å². The Bertz CT molecular complexity index is 1410. The van der Waals surface area contributed by atoms with Gasteiger partial charge in [-0.1, -0.05) is 26.8 Å². The number of nitrogens with zero attached hydrogens (tertiary/aromatic N) is 5. The van der Waals surface area contributed by atoms with Gasteiger partial charge in [0.2, 0.25) is 5.95 Å². The number of pyridine rings is 1. The van der Waals surface area contributed by atoms with Crippen LogP contribution in [-0.2, 0) is 9.84 Å². The van der Waals surface area contributed by atoms with E-state index in [4.69, 9.17) is 4.98 Å². The maximum Gasteiger partial charge on any atom is 0.227 e. The monoisotopic (exact) mass is 538 g/mol. The third kappa shape index (κ3) is 5.42. The predicted molar refractivity (Wildman–Crippen MR) is 153 cm³/mol. The van der Waals surface area contributed by atoms with Gasteiger partial charge in [-0.25, -0.2) is 18.4 Å². The highest BCUT2D eigenvalue weighted by Crippen LogP contribution is 2.39. The number of hydrogen-bond donors (Lipinski definition) is 2. The molecule has 2 saturated heterocycles. The molecule has 3 atom stereocenters. The van der Waals surface area contributed by atoms with Gasteiger partial charge in [-0.05, 0) is 54.8 Å². The molecule has 2 aliphatic heterocycles. The molecule has 0 saturated carbocycles. The molecule has 9 nitrogen and oxygen atoms in total. The molecule has 3 aromatic rings. The van der Waals surface area contributed by atoms with Gasteiger partial charge in [0.1, 0.15) is 21.5 Å². The summed E-state index contributed by atoms with van der Waals surface area (Å²) >= 11 is 0. The molecule has 0 unspecified atom stereocenters. The second kappa shape index (κ2) is 10.6. The van der Waals surface area contributed by atoms with Crippen molar-refractivity contribution < 1.29 is 13.5 Å². The molecule has 0 bridgehead atoms. The van der Waals surface area contributed by atoms with Gasteiger partial charge in [-0.15, -0.1) is 0 Å². The highest BCUT2D eigenvalue weighted by molar-refractivity contribution is 7.91. The number of hydrogen-bond acceptors (Lipinski definition) is 9. The van der Waals surface area contributed by atoms with Crippen molar-refractivity contribution in [2.75, 3.05) is 46.3 Å². The number of nitrogens with one attached hydrogen (secondary N) is 1. The summed E-state index contributed by atoms with van der Waals surface area (Å²) in [5.74, 6) is 2.86. The Kier molecular flexibility index (Phi) is 7.46. The molecule has 0 spiro atoms. The molecule has 2 N–H and O–H groups in total. The highest BCUT2D eigenvalue weighted by Gasteiger charge is 2.38. The topological polar surface area (TPSA) is 112 Å². The first kappa shape index (κ1) is 26.6. The molecule has 10 heteroatoms. The fraction of sp³-hybridized carbons (Fsp3) is 0.536. The summed E-state index contributed by atoms with van der Waals surface area (Å²) in [6.45, 7) is 10.3. The molecule has 2 aliphatic rings. The van der Waals surface area contributed by atoms with Gasteiger partial charge < -0.3 is 20.2 Å². The van der Waals surface area contributed by atoms with E-state index in [2.05, 4.69) is 59.2 Å². The molecule has 204 valence electrons. The number of rotatable bonds is 8. The minimum Gasteiger partial charge on any atom is -0.391 e. The first-order chi connectivity index (χ1) is 18.1. The molecule has 5 rings (SSSR count). The Balaban J connectivity index is 1.41. The minimum atomic E-state index is -3.00. The maximum absolute atomic E-state index is 12.2. The molecule has 2 fully saturated rings. The zero-order chi connectivity index (χ0) is 27.0. The van der Waals surface area contributed by atoms with E-state index < -0.39 is 9.84 Å². The van der Waals surface area contributed by atoms with Gasteiger partial charge in [0, 0.05) is 60.8 Å². The number of benzene rings is 1. The Hall–Kier alpha value is -2.98.